The number of hydrogen-bond acceptors (Lipinski definition) is 4. The number of primary sulfonamides is 1. The van der Waals surface area contributed by atoms with Gasteiger partial charge in [-0.1, -0.05) is 0 Å². The zero-order chi connectivity index (χ0) is 21.6. The van der Waals surface area contributed by atoms with E-state index in [-0.39, 0.29) is 36.3 Å². The van der Waals surface area contributed by atoms with Crippen LogP contribution < -0.4 is 15.2 Å². The second kappa shape index (κ2) is 11.6. The number of nitrogens with two attached hydrogens (primary N) is 1. The molecule has 0 aliphatic carbocycles. The molecule has 0 atom stereocenters. The standard InChI is InChI=1S/C20H31N5O3S.HI/c1-6-22-20(23-11-12-29(21,26)27)24(4)14-17-13-15(2)25(16(17)3)18-7-9-19(28-5)10-8-18;/h7-10,13H,6,11-12,14H2,1-5H3,(H,22,23)(H2,21,26,27);1H. The van der Waals surface area contributed by atoms with Gasteiger partial charge < -0.3 is 19.5 Å². The average Bonchev–Trinajstić information content (AvgIpc) is 2.93. The quantitative estimate of drug-likeness (QED) is 0.299. The molecule has 10 heteroatoms. The molecule has 1 aromatic carbocycles. The molecule has 8 nitrogen and oxygen atoms in total. The minimum atomic E-state index is -3.53. The van der Waals surface area contributed by atoms with Crippen LogP contribution in [0.1, 0.15) is 23.9 Å². The number of rotatable bonds is 8. The second-order valence-electron chi connectivity index (χ2n) is 6.89. The van der Waals surface area contributed by atoms with Gasteiger partial charge in [-0.05, 0) is 56.7 Å². The minimum absolute atomic E-state index is 0. The van der Waals surface area contributed by atoms with Gasteiger partial charge in [-0.25, -0.2) is 13.6 Å². The van der Waals surface area contributed by atoms with Crippen molar-refractivity contribution in [3.63, 3.8) is 0 Å². The lowest BCUT2D eigenvalue weighted by Crippen LogP contribution is -2.39. The van der Waals surface area contributed by atoms with Crippen molar-refractivity contribution in [2.45, 2.75) is 27.3 Å². The molecular weight excluding hydrogens is 517 g/mol. The zero-order valence-electron chi connectivity index (χ0n) is 18.2. The van der Waals surface area contributed by atoms with E-state index in [0.29, 0.717) is 19.0 Å². The summed E-state index contributed by atoms with van der Waals surface area (Å²) < 4.78 is 29.8. The molecular formula is C20H32IN5O3S. The maximum atomic E-state index is 11.2. The first-order chi connectivity index (χ1) is 13.7. The van der Waals surface area contributed by atoms with E-state index < -0.39 is 10.0 Å². The predicted molar refractivity (Wildman–Crippen MR) is 133 cm³/mol. The summed E-state index contributed by atoms with van der Waals surface area (Å²) in [4.78, 5) is 6.36. The highest BCUT2D eigenvalue weighted by Gasteiger charge is 2.14. The van der Waals surface area contributed by atoms with Gasteiger partial charge in [-0.2, -0.15) is 0 Å². The van der Waals surface area contributed by atoms with Gasteiger partial charge in [0.25, 0.3) is 0 Å². The van der Waals surface area contributed by atoms with Crippen LogP contribution in [0.25, 0.3) is 5.69 Å². The van der Waals surface area contributed by atoms with Crippen LogP contribution >= 0.6 is 24.0 Å². The van der Waals surface area contributed by atoms with E-state index in [2.05, 4.69) is 34.8 Å². The molecule has 0 fully saturated rings. The van der Waals surface area contributed by atoms with Gasteiger partial charge in [0, 0.05) is 37.2 Å². The molecule has 1 aromatic heterocycles. The summed E-state index contributed by atoms with van der Waals surface area (Å²) in [5.74, 6) is 1.29. The number of aryl methyl sites for hydroxylation is 1. The number of halogens is 1. The van der Waals surface area contributed by atoms with Crippen LogP contribution in [0, 0.1) is 13.8 Å². The van der Waals surface area contributed by atoms with Crippen molar-refractivity contribution in [3.8, 4) is 11.4 Å². The molecule has 2 rings (SSSR count). The lowest BCUT2D eigenvalue weighted by atomic mass is 10.2. The Kier molecular flexibility index (Phi) is 10.1. The van der Waals surface area contributed by atoms with Gasteiger partial charge in [0.2, 0.25) is 10.0 Å². The molecule has 30 heavy (non-hydrogen) atoms. The Hall–Kier alpha value is -1.79. The maximum absolute atomic E-state index is 11.2. The average molecular weight is 549 g/mol. The predicted octanol–water partition coefficient (Wildman–Crippen LogP) is 2.41. The zero-order valence-corrected chi connectivity index (χ0v) is 21.3. The summed E-state index contributed by atoms with van der Waals surface area (Å²) in [6, 6.07) is 10.1. The summed E-state index contributed by atoms with van der Waals surface area (Å²) in [7, 11) is 0.0531. The Morgan fingerprint density at radius 3 is 2.43 bits per heavy atom. The van der Waals surface area contributed by atoms with Crippen LogP contribution in [-0.2, 0) is 16.6 Å². The number of ether oxygens (including phenoxy) is 1. The molecule has 1 heterocycles. The van der Waals surface area contributed by atoms with Crippen LogP contribution in [0.15, 0.2) is 35.3 Å². The molecule has 168 valence electrons. The van der Waals surface area contributed by atoms with E-state index >= 15 is 0 Å². The van der Waals surface area contributed by atoms with E-state index in [9.17, 15) is 8.42 Å². The Balaban J connectivity index is 0.00000450. The molecule has 0 amide bonds. The van der Waals surface area contributed by atoms with Crippen molar-refractivity contribution < 1.29 is 13.2 Å². The van der Waals surface area contributed by atoms with Crippen molar-refractivity contribution in [2.75, 3.05) is 33.0 Å². The number of hydrogen-bond donors (Lipinski definition) is 2. The third-order valence-corrected chi connectivity index (χ3v) is 5.36. The van der Waals surface area contributed by atoms with Crippen LogP contribution in [0.4, 0.5) is 0 Å². The largest absolute Gasteiger partial charge is 0.497 e. The van der Waals surface area contributed by atoms with Gasteiger partial charge >= 0.3 is 0 Å². The third-order valence-electron chi connectivity index (χ3n) is 4.61. The van der Waals surface area contributed by atoms with Crippen molar-refractivity contribution >= 4 is 40.0 Å². The van der Waals surface area contributed by atoms with Crippen LogP contribution in [0.3, 0.4) is 0 Å². The normalized spacial score (nSPS) is 11.7. The van der Waals surface area contributed by atoms with Crippen molar-refractivity contribution in [1.82, 2.24) is 14.8 Å². The number of methoxy groups -OCH3 is 1. The number of guanidine groups is 1. The van der Waals surface area contributed by atoms with Crippen LogP contribution in [-0.4, -0.2) is 56.8 Å². The highest BCUT2D eigenvalue weighted by Crippen LogP contribution is 2.23. The fourth-order valence-corrected chi connectivity index (χ4v) is 3.54. The SMILES string of the molecule is CCNC(=NCCS(N)(=O)=O)N(C)Cc1cc(C)n(-c2ccc(OC)cc2)c1C.I. The lowest BCUT2D eigenvalue weighted by molar-refractivity contribution is 0.414. The van der Waals surface area contributed by atoms with Crippen LogP contribution in [0.5, 0.6) is 5.75 Å². The van der Waals surface area contributed by atoms with E-state index in [0.717, 1.165) is 28.4 Å². The lowest BCUT2D eigenvalue weighted by Gasteiger charge is -2.22. The van der Waals surface area contributed by atoms with Crippen molar-refractivity contribution in [2.24, 2.45) is 10.1 Å². The first-order valence-electron chi connectivity index (χ1n) is 9.48. The molecule has 0 saturated heterocycles. The van der Waals surface area contributed by atoms with Gasteiger partial charge in [0.05, 0.1) is 19.4 Å². The number of benzene rings is 1. The molecule has 0 aliphatic heterocycles. The van der Waals surface area contributed by atoms with Crippen LogP contribution in [0.2, 0.25) is 0 Å². The van der Waals surface area contributed by atoms with Crippen molar-refractivity contribution in [1.29, 1.82) is 0 Å². The molecule has 0 saturated carbocycles. The first kappa shape index (κ1) is 26.2. The van der Waals surface area contributed by atoms with E-state index in [1.807, 2.05) is 43.1 Å². The van der Waals surface area contributed by atoms with E-state index in [1.54, 1.807) is 7.11 Å². The number of sulfonamides is 1. The number of aromatic nitrogens is 1. The Morgan fingerprint density at radius 1 is 1.27 bits per heavy atom. The monoisotopic (exact) mass is 549 g/mol. The van der Waals surface area contributed by atoms with Crippen molar-refractivity contribution in [3.05, 3.63) is 47.3 Å². The minimum Gasteiger partial charge on any atom is -0.497 e. The summed E-state index contributed by atoms with van der Waals surface area (Å²) >= 11 is 0. The van der Waals surface area contributed by atoms with Gasteiger partial charge in [0.1, 0.15) is 5.75 Å². The second-order valence-corrected chi connectivity index (χ2v) is 8.62. The highest BCUT2D eigenvalue weighted by molar-refractivity contribution is 14.0. The summed E-state index contributed by atoms with van der Waals surface area (Å²) in [6.07, 6.45) is 0. The molecule has 0 aliphatic rings. The maximum Gasteiger partial charge on any atom is 0.210 e. The van der Waals surface area contributed by atoms with E-state index in [1.165, 1.54) is 0 Å². The summed E-state index contributed by atoms with van der Waals surface area (Å²) in [6.45, 7) is 7.58. The van der Waals surface area contributed by atoms with Gasteiger partial charge in [-0.15, -0.1) is 24.0 Å². The summed E-state index contributed by atoms with van der Waals surface area (Å²) in [5.41, 5.74) is 4.51. The molecule has 3 N–H and O–H groups in total. The van der Waals surface area contributed by atoms with Gasteiger partial charge in [0.15, 0.2) is 5.96 Å². The third kappa shape index (κ3) is 7.17. The Bertz CT molecular complexity index is 956. The fraction of sp³-hybridized carbons (Fsp3) is 0.450. The Labute approximate surface area is 196 Å². The number of aliphatic imine (C=N–C) groups is 1. The first-order valence-corrected chi connectivity index (χ1v) is 11.2. The van der Waals surface area contributed by atoms with E-state index in [4.69, 9.17) is 9.88 Å². The molecule has 0 radical (unpaired) electrons. The van der Waals surface area contributed by atoms with Gasteiger partial charge in [-0.3, -0.25) is 4.99 Å². The highest BCUT2D eigenvalue weighted by atomic mass is 127. The fourth-order valence-electron chi connectivity index (χ4n) is 3.20. The molecule has 0 unspecified atom stereocenters. The number of nitrogens with one attached hydrogen (secondary N) is 1. The Morgan fingerprint density at radius 2 is 1.90 bits per heavy atom. The molecule has 0 spiro atoms. The number of nitrogens with zero attached hydrogens (tertiary/aromatic N) is 3. The molecule has 0 bridgehead atoms. The summed E-state index contributed by atoms with van der Waals surface area (Å²) in [5, 5.41) is 8.26. The molecule has 2 aromatic rings. The smallest absolute Gasteiger partial charge is 0.210 e. The topological polar surface area (TPSA) is 102 Å².